The summed E-state index contributed by atoms with van der Waals surface area (Å²) in [5.74, 6) is -0.108. The summed E-state index contributed by atoms with van der Waals surface area (Å²) in [5, 5.41) is 11.5. The van der Waals surface area contributed by atoms with Gasteiger partial charge in [-0.1, -0.05) is 24.3 Å². The lowest BCUT2D eigenvalue weighted by atomic mass is 10.1. The van der Waals surface area contributed by atoms with Gasteiger partial charge in [-0.15, -0.1) is 34.0 Å². The SMILES string of the molecule is O=C(Cc1csc(-c2cccs2)n1)Nc1nc(-c2c[nH]c3ccccc23)cs1. The van der Waals surface area contributed by atoms with E-state index in [1.807, 2.05) is 52.7 Å². The fourth-order valence-electron chi connectivity index (χ4n) is 2.97. The van der Waals surface area contributed by atoms with Gasteiger partial charge >= 0.3 is 0 Å². The lowest BCUT2D eigenvalue weighted by molar-refractivity contribution is -0.115. The number of benzene rings is 1. The van der Waals surface area contributed by atoms with Crippen LogP contribution >= 0.6 is 34.0 Å². The average molecular weight is 423 g/mol. The van der Waals surface area contributed by atoms with Crippen molar-refractivity contribution in [3.05, 3.63) is 64.4 Å². The van der Waals surface area contributed by atoms with Gasteiger partial charge in [0.15, 0.2) is 5.13 Å². The number of carbonyl (C=O) groups excluding carboxylic acids is 1. The Balaban J connectivity index is 1.29. The zero-order chi connectivity index (χ0) is 18.9. The molecule has 0 atom stereocenters. The Kier molecular flexibility index (Phi) is 4.52. The fourth-order valence-corrected chi connectivity index (χ4v) is 5.33. The number of rotatable bonds is 5. The summed E-state index contributed by atoms with van der Waals surface area (Å²) in [5.41, 5.74) is 3.74. The second-order valence-corrected chi connectivity index (χ2v) is 8.80. The van der Waals surface area contributed by atoms with E-state index in [1.54, 1.807) is 22.7 Å². The topological polar surface area (TPSA) is 70.7 Å². The Hall–Kier alpha value is -2.81. The summed E-state index contributed by atoms with van der Waals surface area (Å²) < 4.78 is 0. The number of hydrogen-bond donors (Lipinski definition) is 2. The summed E-state index contributed by atoms with van der Waals surface area (Å²) in [7, 11) is 0. The van der Waals surface area contributed by atoms with Gasteiger partial charge in [-0.3, -0.25) is 4.79 Å². The van der Waals surface area contributed by atoms with E-state index < -0.39 is 0 Å². The molecule has 0 fully saturated rings. The molecule has 1 aromatic carbocycles. The van der Waals surface area contributed by atoms with Crippen LogP contribution in [-0.2, 0) is 11.2 Å². The molecule has 0 unspecified atom stereocenters. The molecule has 0 saturated heterocycles. The molecule has 5 nitrogen and oxygen atoms in total. The molecule has 5 aromatic rings. The predicted molar refractivity (Wildman–Crippen MR) is 117 cm³/mol. The fraction of sp³-hybridized carbons (Fsp3) is 0.0500. The van der Waals surface area contributed by atoms with Gasteiger partial charge in [0.2, 0.25) is 5.91 Å². The smallest absolute Gasteiger partial charge is 0.232 e. The Morgan fingerprint density at radius 1 is 1.04 bits per heavy atom. The van der Waals surface area contributed by atoms with Crippen LogP contribution in [0.15, 0.2) is 58.7 Å². The summed E-state index contributed by atoms with van der Waals surface area (Å²) in [4.78, 5) is 25.9. The van der Waals surface area contributed by atoms with Crippen LogP contribution in [0.2, 0.25) is 0 Å². The van der Waals surface area contributed by atoms with Gasteiger partial charge < -0.3 is 10.3 Å². The maximum Gasteiger partial charge on any atom is 0.232 e. The molecule has 138 valence electrons. The van der Waals surface area contributed by atoms with Crippen molar-refractivity contribution in [2.45, 2.75) is 6.42 Å². The molecule has 0 aliphatic carbocycles. The number of nitrogens with zero attached hydrogens (tertiary/aromatic N) is 2. The van der Waals surface area contributed by atoms with Gasteiger partial charge in [-0.25, -0.2) is 9.97 Å². The number of fused-ring (bicyclic) bond motifs is 1. The van der Waals surface area contributed by atoms with Gasteiger partial charge in [0.1, 0.15) is 5.01 Å². The van der Waals surface area contributed by atoms with Crippen LogP contribution in [-0.4, -0.2) is 20.9 Å². The molecular formula is C20H14N4OS3. The van der Waals surface area contributed by atoms with Crippen molar-refractivity contribution in [1.82, 2.24) is 15.0 Å². The maximum absolute atomic E-state index is 12.4. The molecule has 1 amide bonds. The highest BCUT2D eigenvalue weighted by atomic mass is 32.1. The van der Waals surface area contributed by atoms with E-state index in [-0.39, 0.29) is 12.3 Å². The van der Waals surface area contributed by atoms with Crippen molar-refractivity contribution in [3.8, 4) is 21.1 Å². The molecule has 0 spiro atoms. The number of carbonyl (C=O) groups is 1. The van der Waals surface area contributed by atoms with E-state index in [1.165, 1.54) is 11.3 Å². The second-order valence-electron chi connectivity index (χ2n) is 6.13. The third kappa shape index (κ3) is 3.37. The third-order valence-electron chi connectivity index (χ3n) is 4.24. The Bertz CT molecular complexity index is 1250. The quantitative estimate of drug-likeness (QED) is 0.384. The number of thiazole rings is 2. The zero-order valence-corrected chi connectivity index (χ0v) is 17.0. The molecule has 0 aliphatic rings. The average Bonchev–Trinajstić information content (AvgIpc) is 3.47. The van der Waals surface area contributed by atoms with Gasteiger partial charge in [0, 0.05) is 33.4 Å². The van der Waals surface area contributed by atoms with Gasteiger partial charge in [-0.2, -0.15) is 0 Å². The minimum absolute atomic E-state index is 0.108. The molecular weight excluding hydrogens is 408 g/mol. The molecule has 4 heterocycles. The molecule has 4 aromatic heterocycles. The molecule has 2 N–H and O–H groups in total. The first kappa shape index (κ1) is 17.3. The summed E-state index contributed by atoms with van der Waals surface area (Å²) >= 11 is 4.64. The first-order valence-corrected chi connectivity index (χ1v) is 11.2. The number of aromatic nitrogens is 3. The standard InChI is InChI=1S/C20H14N4OS3/c25-18(8-12-10-27-19(22-12)17-6-3-7-26-17)24-20-23-16(11-28-20)14-9-21-15-5-2-1-4-13(14)15/h1-7,9-11,21H,8H2,(H,23,24,25). The highest BCUT2D eigenvalue weighted by Gasteiger charge is 2.13. The molecule has 0 saturated carbocycles. The number of anilines is 1. The Morgan fingerprint density at radius 3 is 2.86 bits per heavy atom. The summed E-state index contributed by atoms with van der Waals surface area (Å²) in [6.07, 6.45) is 2.19. The van der Waals surface area contributed by atoms with E-state index in [4.69, 9.17) is 0 Å². The van der Waals surface area contributed by atoms with Crippen molar-refractivity contribution in [2.75, 3.05) is 5.32 Å². The normalized spacial score (nSPS) is 11.1. The van der Waals surface area contributed by atoms with E-state index in [0.29, 0.717) is 5.13 Å². The molecule has 0 radical (unpaired) electrons. The maximum atomic E-state index is 12.4. The predicted octanol–water partition coefficient (Wildman–Crippen LogP) is 5.66. The van der Waals surface area contributed by atoms with Crippen LogP contribution in [0.5, 0.6) is 0 Å². The van der Waals surface area contributed by atoms with Crippen molar-refractivity contribution >= 4 is 56.0 Å². The number of hydrogen-bond acceptors (Lipinski definition) is 6. The lowest BCUT2D eigenvalue weighted by Gasteiger charge is -1.99. The Morgan fingerprint density at radius 2 is 1.96 bits per heavy atom. The molecule has 5 rings (SSSR count). The number of para-hydroxylation sites is 1. The molecule has 0 bridgehead atoms. The van der Waals surface area contributed by atoms with Gasteiger partial charge in [0.25, 0.3) is 0 Å². The second kappa shape index (κ2) is 7.31. The van der Waals surface area contributed by atoms with Crippen molar-refractivity contribution in [1.29, 1.82) is 0 Å². The molecule has 8 heteroatoms. The van der Waals surface area contributed by atoms with Crippen LogP contribution in [0.1, 0.15) is 5.69 Å². The number of amides is 1. The Labute approximate surface area is 172 Å². The van der Waals surface area contributed by atoms with E-state index in [0.717, 1.165) is 37.7 Å². The van der Waals surface area contributed by atoms with E-state index in [9.17, 15) is 4.79 Å². The van der Waals surface area contributed by atoms with Crippen molar-refractivity contribution < 1.29 is 4.79 Å². The van der Waals surface area contributed by atoms with Crippen molar-refractivity contribution in [3.63, 3.8) is 0 Å². The first-order valence-electron chi connectivity index (χ1n) is 8.56. The highest BCUT2D eigenvalue weighted by Crippen LogP contribution is 2.31. The number of H-pyrrole nitrogens is 1. The van der Waals surface area contributed by atoms with Crippen molar-refractivity contribution in [2.24, 2.45) is 0 Å². The number of thiophene rings is 1. The van der Waals surface area contributed by atoms with Crippen LogP contribution in [0.25, 0.3) is 32.0 Å². The van der Waals surface area contributed by atoms with Gasteiger partial charge in [0.05, 0.1) is 22.7 Å². The van der Waals surface area contributed by atoms with Gasteiger partial charge in [-0.05, 0) is 17.5 Å². The summed E-state index contributed by atoms with van der Waals surface area (Å²) in [6, 6.07) is 12.1. The minimum atomic E-state index is -0.108. The number of nitrogens with one attached hydrogen (secondary N) is 2. The summed E-state index contributed by atoms with van der Waals surface area (Å²) in [6.45, 7) is 0. The van der Waals surface area contributed by atoms with Crippen LogP contribution in [0.4, 0.5) is 5.13 Å². The lowest BCUT2D eigenvalue weighted by Crippen LogP contribution is -2.14. The highest BCUT2D eigenvalue weighted by molar-refractivity contribution is 7.20. The molecule has 0 aliphatic heterocycles. The molecule has 28 heavy (non-hydrogen) atoms. The third-order valence-corrected chi connectivity index (χ3v) is 6.93. The largest absolute Gasteiger partial charge is 0.360 e. The van der Waals surface area contributed by atoms with E-state index >= 15 is 0 Å². The number of aromatic amines is 1. The first-order chi connectivity index (χ1) is 13.8. The van der Waals surface area contributed by atoms with Crippen LogP contribution in [0.3, 0.4) is 0 Å². The van der Waals surface area contributed by atoms with E-state index in [2.05, 4.69) is 26.3 Å². The van der Waals surface area contributed by atoms with Crippen LogP contribution < -0.4 is 5.32 Å². The van der Waals surface area contributed by atoms with Crippen LogP contribution in [0, 0.1) is 0 Å². The minimum Gasteiger partial charge on any atom is -0.360 e. The zero-order valence-electron chi connectivity index (χ0n) is 14.5. The monoisotopic (exact) mass is 422 g/mol.